The monoisotopic (exact) mass is 289 g/mol. The highest BCUT2D eigenvalue weighted by molar-refractivity contribution is 5.68. The minimum Gasteiger partial charge on any atom is -0.481 e. The SMILES string of the molecule is CC(C)OCC(CCNC(=O)OC(C)(C)C)CC(=O)O. The molecule has 6 nitrogen and oxygen atoms in total. The number of hydrogen-bond donors (Lipinski definition) is 2. The lowest BCUT2D eigenvalue weighted by atomic mass is 10.0. The van der Waals surface area contributed by atoms with Crippen molar-refractivity contribution in [2.75, 3.05) is 13.2 Å². The maximum Gasteiger partial charge on any atom is 0.407 e. The Morgan fingerprint density at radius 1 is 1.25 bits per heavy atom. The predicted molar refractivity (Wildman–Crippen MR) is 75.7 cm³/mol. The third-order valence-electron chi connectivity index (χ3n) is 2.35. The first-order valence-corrected chi connectivity index (χ1v) is 6.90. The molecule has 0 aromatic heterocycles. The van der Waals surface area contributed by atoms with Crippen LogP contribution < -0.4 is 5.32 Å². The van der Waals surface area contributed by atoms with Gasteiger partial charge in [-0.05, 0) is 47.0 Å². The fourth-order valence-corrected chi connectivity index (χ4v) is 1.51. The van der Waals surface area contributed by atoms with Crippen molar-refractivity contribution in [2.24, 2.45) is 5.92 Å². The quantitative estimate of drug-likeness (QED) is 0.716. The number of carbonyl (C=O) groups excluding carboxylic acids is 1. The summed E-state index contributed by atoms with van der Waals surface area (Å²) in [6.07, 6.45) is 0.141. The molecule has 118 valence electrons. The first-order chi connectivity index (χ1) is 9.10. The molecule has 20 heavy (non-hydrogen) atoms. The van der Waals surface area contributed by atoms with Gasteiger partial charge in [-0.15, -0.1) is 0 Å². The summed E-state index contributed by atoms with van der Waals surface area (Å²) < 4.78 is 10.5. The summed E-state index contributed by atoms with van der Waals surface area (Å²) in [6, 6.07) is 0. The van der Waals surface area contributed by atoms with Crippen LogP contribution in [-0.4, -0.2) is 42.0 Å². The lowest BCUT2D eigenvalue weighted by molar-refractivity contribution is -0.138. The molecule has 0 aliphatic rings. The highest BCUT2D eigenvalue weighted by Crippen LogP contribution is 2.11. The lowest BCUT2D eigenvalue weighted by Gasteiger charge is -2.21. The smallest absolute Gasteiger partial charge is 0.407 e. The molecule has 0 saturated heterocycles. The van der Waals surface area contributed by atoms with E-state index in [2.05, 4.69) is 5.32 Å². The molecule has 0 rings (SSSR count). The van der Waals surface area contributed by atoms with Gasteiger partial charge in [-0.1, -0.05) is 0 Å². The highest BCUT2D eigenvalue weighted by Gasteiger charge is 2.18. The number of alkyl carbamates (subject to hydrolysis) is 1. The number of carbonyl (C=O) groups is 2. The van der Waals surface area contributed by atoms with E-state index in [1.165, 1.54) is 0 Å². The van der Waals surface area contributed by atoms with Crippen molar-refractivity contribution in [1.29, 1.82) is 0 Å². The molecule has 2 N–H and O–H groups in total. The molecule has 1 unspecified atom stereocenters. The van der Waals surface area contributed by atoms with Gasteiger partial charge >= 0.3 is 12.1 Å². The van der Waals surface area contributed by atoms with E-state index < -0.39 is 17.7 Å². The fraction of sp³-hybridized carbons (Fsp3) is 0.857. The molecule has 0 fully saturated rings. The van der Waals surface area contributed by atoms with Crippen LogP contribution in [0.15, 0.2) is 0 Å². The molecule has 0 spiro atoms. The Balaban J connectivity index is 4.06. The molecule has 0 bridgehead atoms. The van der Waals surface area contributed by atoms with Crippen LogP contribution in [0.3, 0.4) is 0 Å². The third kappa shape index (κ3) is 11.8. The van der Waals surface area contributed by atoms with Gasteiger partial charge in [-0.25, -0.2) is 4.79 Å². The van der Waals surface area contributed by atoms with Crippen LogP contribution in [-0.2, 0) is 14.3 Å². The second kappa shape index (κ2) is 8.79. The Morgan fingerprint density at radius 2 is 1.85 bits per heavy atom. The fourth-order valence-electron chi connectivity index (χ4n) is 1.51. The van der Waals surface area contributed by atoms with Gasteiger partial charge in [0.15, 0.2) is 0 Å². The average Bonchev–Trinajstić information content (AvgIpc) is 2.22. The van der Waals surface area contributed by atoms with Crippen molar-refractivity contribution in [2.45, 2.75) is 59.2 Å². The van der Waals surface area contributed by atoms with Crippen LogP contribution in [0.4, 0.5) is 4.79 Å². The van der Waals surface area contributed by atoms with E-state index in [0.29, 0.717) is 19.6 Å². The largest absolute Gasteiger partial charge is 0.481 e. The number of amides is 1. The molecule has 6 heteroatoms. The maximum absolute atomic E-state index is 11.4. The first kappa shape index (κ1) is 18.7. The van der Waals surface area contributed by atoms with Gasteiger partial charge in [-0.2, -0.15) is 0 Å². The molecular formula is C14H27NO5. The van der Waals surface area contributed by atoms with Gasteiger partial charge in [0.2, 0.25) is 0 Å². The Labute approximate surface area is 120 Å². The zero-order chi connectivity index (χ0) is 15.8. The molecule has 0 aliphatic carbocycles. The van der Waals surface area contributed by atoms with Crippen molar-refractivity contribution in [3.05, 3.63) is 0 Å². The van der Waals surface area contributed by atoms with E-state index in [1.807, 2.05) is 13.8 Å². The summed E-state index contributed by atoms with van der Waals surface area (Å²) in [4.78, 5) is 22.2. The zero-order valence-corrected chi connectivity index (χ0v) is 13.1. The third-order valence-corrected chi connectivity index (χ3v) is 2.35. The molecule has 0 radical (unpaired) electrons. The van der Waals surface area contributed by atoms with E-state index in [9.17, 15) is 9.59 Å². The van der Waals surface area contributed by atoms with Crippen LogP contribution in [0, 0.1) is 5.92 Å². The number of carboxylic acids is 1. The molecule has 0 aromatic rings. The summed E-state index contributed by atoms with van der Waals surface area (Å²) in [5, 5.41) is 11.5. The predicted octanol–water partition coefficient (Wildman–Crippen LogP) is 2.42. The second-order valence-corrected chi connectivity index (χ2v) is 6.06. The number of aliphatic carboxylic acids is 1. The number of rotatable bonds is 8. The topological polar surface area (TPSA) is 84.9 Å². The van der Waals surface area contributed by atoms with Gasteiger partial charge in [-0.3, -0.25) is 4.79 Å². The van der Waals surface area contributed by atoms with Crippen LogP contribution in [0.25, 0.3) is 0 Å². The van der Waals surface area contributed by atoms with Crippen molar-refractivity contribution in [3.63, 3.8) is 0 Å². The maximum atomic E-state index is 11.4. The summed E-state index contributed by atoms with van der Waals surface area (Å²) in [5.41, 5.74) is -0.536. The number of nitrogens with one attached hydrogen (secondary N) is 1. The summed E-state index contributed by atoms with van der Waals surface area (Å²) in [5.74, 6) is -0.982. The van der Waals surface area contributed by atoms with Gasteiger partial charge in [0.05, 0.1) is 19.1 Å². The van der Waals surface area contributed by atoms with Crippen LogP contribution in [0.5, 0.6) is 0 Å². The molecule has 0 aromatic carbocycles. The van der Waals surface area contributed by atoms with Crippen LogP contribution >= 0.6 is 0 Å². The summed E-state index contributed by atoms with van der Waals surface area (Å²) in [6.45, 7) is 9.91. The molecule has 1 atom stereocenters. The summed E-state index contributed by atoms with van der Waals surface area (Å²) in [7, 11) is 0. The number of hydrogen-bond acceptors (Lipinski definition) is 4. The van der Waals surface area contributed by atoms with E-state index in [-0.39, 0.29) is 18.4 Å². The van der Waals surface area contributed by atoms with Gasteiger partial charge in [0.1, 0.15) is 5.60 Å². The first-order valence-electron chi connectivity index (χ1n) is 6.90. The van der Waals surface area contributed by atoms with Crippen molar-refractivity contribution >= 4 is 12.1 Å². The Hall–Kier alpha value is -1.30. The normalized spacial score (nSPS) is 13.1. The molecule has 1 amide bonds. The lowest BCUT2D eigenvalue weighted by Crippen LogP contribution is -2.34. The number of ether oxygens (including phenoxy) is 2. The standard InChI is InChI=1S/C14H27NO5/c1-10(2)19-9-11(8-12(16)17)6-7-15-13(18)20-14(3,4)5/h10-11H,6-9H2,1-5H3,(H,15,18)(H,16,17). The minimum atomic E-state index is -0.861. The Kier molecular flexibility index (Phi) is 8.22. The van der Waals surface area contributed by atoms with Crippen molar-refractivity contribution in [1.82, 2.24) is 5.32 Å². The van der Waals surface area contributed by atoms with E-state index in [1.54, 1.807) is 20.8 Å². The van der Waals surface area contributed by atoms with Gasteiger partial charge in [0, 0.05) is 6.54 Å². The van der Waals surface area contributed by atoms with E-state index in [0.717, 1.165) is 0 Å². The van der Waals surface area contributed by atoms with Gasteiger partial charge in [0.25, 0.3) is 0 Å². The van der Waals surface area contributed by atoms with E-state index >= 15 is 0 Å². The van der Waals surface area contributed by atoms with Gasteiger partial charge < -0.3 is 19.9 Å². The van der Waals surface area contributed by atoms with Crippen molar-refractivity contribution < 1.29 is 24.2 Å². The molecular weight excluding hydrogens is 262 g/mol. The van der Waals surface area contributed by atoms with E-state index in [4.69, 9.17) is 14.6 Å². The Bertz CT molecular complexity index is 309. The zero-order valence-electron chi connectivity index (χ0n) is 13.1. The second-order valence-electron chi connectivity index (χ2n) is 6.06. The average molecular weight is 289 g/mol. The molecule has 0 aliphatic heterocycles. The molecule has 0 heterocycles. The van der Waals surface area contributed by atoms with Crippen molar-refractivity contribution in [3.8, 4) is 0 Å². The molecule has 0 saturated carbocycles. The van der Waals surface area contributed by atoms with Crippen LogP contribution in [0.2, 0.25) is 0 Å². The van der Waals surface area contributed by atoms with Crippen LogP contribution in [0.1, 0.15) is 47.5 Å². The number of carboxylic acid groups (broad SMARTS) is 1. The minimum absolute atomic E-state index is 0.0305. The summed E-state index contributed by atoms with van der Waals surface area (Å²) >= 11 is 0. The Morgan fingerprint density at radius 3 is 2.30 bits per heavy atom. The highest BCUT2D eigenvalue weighted by atomic mass is 16.6.